The summed E-state index contributed by atoms with van der Waals surface area (Å²) in [5.74, 6) is -1.01. The first-order valence-electron chi connectivity index (χ1n) is 4.52. The van der Waals surface area contributed by atoms with Crippen molar-refractivity contribution in [1.29, 1.82) is 0 Å². The first-order chi connectivity index (χ1) is 8.11. The van der Waals surface area contributed by atoms with Crippen molar-refractivity contribution in [3.05, 3.63) is 28.5 Å². The molecule has 2 rings (SSSR count). The molecule has 0 amide bonds. The van der Waals surface area contributed by atoms with Gasteiger partial charge in [-0.3, -0.25) is 0 Å². The molecule has 1 N–H and O–H groups in total. The number of carboxylic acids is 1. The van der Waals surface area contributed by atoms with E-state index in [1.165, 1.54) is 7.11 Å². The number of halogens is 1. The van der Waals surface area contributed by atoms with Crippen LogP contribution < -0.4 is 4.74 Å². The van der Waals surface area contributed by atoms with Crippen molar-refractivity contribution < 1.29 is 19.2 Å². The summed E-state index contributed by atoms with van der Waals surface area (Å²) in [4.78, 5) is 14.4. The number of benzene rings is 1. The fourth-order valence-electron chi connectivity index (χ4n) is 1.26. The molecule has 0 fully saturated rings. The average Bonchev–Trinajstić information content (AvgIpc) is 2.78. The van der Waals surface area contributed by atoms with Crippen molar-refractivity contribution in [3.8, 4) is 17.2 Å². The second-order valence-corrected chi connectivity index (χ2v) is 3.99. The highest BCUT2D eigenvalue weighted by molar-refractivity contribution is 9.10. The predicted molar refractivity (Wildman–Crippen MR) is 60.9 cm³/mol. The molecule has 0 bridgehead atoms. The minimum absolute atomic E-state index is 0.103. The first-order valence-corrected chi connectivity index (χ1v) is 5.32. The molecule has 2 aromatic rings. The standard InChI is InChI=1S/C10H7BrN2O4/c1-16-7-4-5(11)2-3-6(7)9-12-8(10(14)15)13-17-9/h2-4H,1H3,(H,14,15). The lowest BCUT2D eigenvalue weighted by Crippen LogP contribution is -1.98. The summed E-state index contributed by atoms with van der Waals surface area (Å²) in [6.07, 6.45) is 0. The van der Waals surface area contributed by atoms with Crippen LogP contribution in [0.15, 0.2) is 27.2 Å². The zero-order chi connectivity index (χ0) is 12.4. The molecule has 0 unspecified atom stereocenters. The predicted octanol–water partition coefficient (Wildman–Crippen LogP) is 2.21. The summed E-state index contributed by atoms with van der Waals surface area (Å²) in [5.41, 5.74) is 0.538. The fraction of sp³-hybridized carbons (Fsp3) is 0.100. The minimum atomic E-state index is -1.24. The molecular weight excluding hydrogens is 292 g/mol. The molecule has 0 aliphatic rings. The van der Waals surface area contributed by atoms with Crippen LogP contribution in [0.3, 0.4) is 0 Å². The van der Waals surface area contributed by atoms with E-state index in [1.54, 1.807) is 18.2 Å². The topological polar surface area (TPSA) is 85.5 Å². The number of carbonyl (C=O) groups is 1. The number of methoxy groups -OCH3 is 1. The van der Waals surface area contributed by atoms with Crippen LogP contribution >= 0.6 is 15.9 Å². The number of aromatic carboxylic acids is 1. The van der Waals surface area contributed by atoms with Gasteiger partial charge < -0.3 is 14.4 Å². The third-order valence-electron chi connectivity index (χ3n) is 2.01. The van der Waals surface area contributed by atoms with Gasteiger partial charge >= 0.3 is 5.97 Å². The van der Waals surface area contributed by atoms with Crippen LogP contribution in [0.2, 0.25) is 0 Å². The van der Waals surface area contributed by atoms with E-state index in [0.717, 1.165) is 4.47 Å². The van der Waals surface area contributed by atoms with Gasteiger partial charge in [0.2, 0.25) is 0 Å². The smallest absolute Gasteiger partial charge is 0.377 e. The van der Waals surface area contributed by atoms with Crippen molar-refractivity contribution in [3.63, 3.8) is 0 Å². The molecule has 1 heterocycles. The van der Waals surface area contributed by atoms with E-state index in [1.807, 2.05) is 0 Å². The Morgan fingerprint density at radius 2 is 2.29 bits per heavy atom. The SMILES string of the molecule is COc1cc(Br)ccc1-c1nc(C(=O)O)no1. The number of hydrogen-bond acceptors (Lipinski definition) is 5. The molecule has 0 saturated carbocycles. The second kappa shape index (κ2) is 4.54. The van der Waals surface area contributed by atoms with Gasteiger partial charge in [-0.2, -0.15) is 4.98 Å². The lowest BCUT2D eigenvalue weighted by molar-refractivity contribution is 0.0680. The Bertz CT molecular complexity index is 567. The second-order valence-electron chi connectivity index (χ2n) is 3.07. The Balaban J connectivity index is 2.48. The summed E-state index contributed by atoms with van der Waals surface area (Å²) in [6.45, 7) is 0. The molecule has 1 aromatic heterocycles. The Labute approximate surface area is 104 Å². The summed E-state index contributed by atoms with van der Waals surface area (Å²) in [6, 6.07) is 5.19. The third-order valence-corrected chi connectivity index (χ3v) is 2.50. The average molecular weight is 299 g/mol. The van der Waals surface area contributed by atoms with E-state index in [9.17, 15) is 4.79 Å². The van der Waals surface area contributed by atoms with Gasteiger partial charge in [0.25, 0.3) is 11.7 Å². The first kappa shape index (κ1) is 11.6. The molecule has 0 aliphatic heterocycles. The number of nitrogens with zero attached hydrogens (tertiary/aromatic N) is 2. The van der Waals surface area contributed by atoms with Gasteiger partial charge in [0.15, 0.2) is 0 Å². The van der Waals surface area contributed by atoms with Crippen LogP contribution in [0.1, 0.15) is 10.6 Å². The van der Waals surface area contributed by atoms with Gasteiger partial charge in [0, 0.05) is 4.47 Å². The van der Waals surface area contributed by atoms with Gasteiger partial charge in [0.1, 0.15) is 5.75 Å². The minimum Gasteiger partial charge on any atom is -0.496 e. The van der Waals surface area contributed by atoms with E-state index >= 15 is 0 Å². The van der Waals surface area contributed by atoms with Crippen LogP contribution in [0.25, 0.3) is 11.5 Å². The highest BCUT2D eigenvalue weighted by atomic mass is 79.9. The molecule has 88 valence electrons. The van der Waals surface area contributed by atoms with Crippen molar-refractivity contribution in [2.45, 2.75) is 0 Å². The molecule has 0 saturated heterocycles. The Morgan fingerprint density at radius 3 is 2.88 bits per heavy atom. The van der Waals surface area contributed by atoms with Gasteiger partial charge in [-0.1, -0.05) is 15.9 Å². The van der Waals surface area contributed by atoms with Crippen molar-refractivity contribution >= 4 is 21.9 Å². The number of carboxylic acid groups (broad SMARTS) is 1. The van der Waals surface area contributed by atoms with E-state index in [-0.39, 0.29) is 11.7 Å². The van der Waals surface area contributed by atoms with E-state index in [0.29, 0.717) is 11.3 Å². The maximum atomic E-state index is 10.6. The van der Waals surface area contributed by atoms with Crippen molar-refractivity contribution in [2.75, 3.05) is 7.11 Å². The Kier molecular flexibility index (Phi) is 3.10. The van der Waals surface area contributed by atoms with Gasteiger partial charge in [-0.05, 0) is 23.4 Å². The Morgan fingerprint density at radius 1 is 1.53 bits per heavy atom. The van der Waals surface area contributed by atoms with Crippen molar-refractivity contribution in [1.82, 2.24) is 10.1 Å². The number of ether oxygens (including phenoxy) is 1. The van der Waals surface area contributed by atoms with Gasteiger partial charge in [-0.15, -0.1) is 0 Å². The zero-order valence-electron chi connectivity index (χ0n) is 8.68. The molecule has 1 aromatic carbocycles. The van der Waals surface area contributed by atoms with Crippen LogP contribution in [0.4, 0.5) is 0 Å². The normalized spacial score (nSPS) is 10.2. The highest BCUT2D eigenvalue weighted by Crippen LogP contribution is 2.31. The largest absolute Gasteiger partial charge is 0.496 e. The molecule has 7 heteroatoms. The lowest BCUT2D eigenvalue weighted by atomic mass is 10.2. The maximum Gasteiger partial charge on any atom is 0.377 e. The summed E-state index contributed by atoms with van der Waals surface area (Å²) in [5, 5.41) is 12.0. The summed E-state index contributed by atoms with van der Waals surface area (Å²) < 4.78 is 10.8. The number of hydrogen-bond donors (Lipinski definition) is 1. The van der Waals surface area contributed by atoms with Crippen molar-refractivity contribution in [2.24, 2.45) is 0 Å². The quantitative estimate of drug-likeness (QED) is 0.935. The highest BCUT2D eigenvalue weighted by Gasteiger charge is 2.17. The monoisotopic (exact) mass is 298 g/mol. The van der Waals surface area contributed by atoms with E-state index in [4.69, 9.17) is 14.4 Å². The molecule has 0 atom stereocenters. The van der Waals surface area contributed by atoms with Crippen LogP contribution in [0, 0.1) is 0 Å². The van der Waals surface area contributed by atoms with Crippen LogP contribution in [0.5, 0.6) is 5.75 Å². The van der Waals surface area contributed by atoms with E-state index < -0.39 is 5.97 Å². The molecule has 0 aliphatic carbocycles. The summed E-state index contributed by atoms with van der Waals surface area (Å²) in [7, 11) is 1.50. The number of rotatable bonds is 3. The molecule has 17 heavy (non-hydrogen) atoms. The van der Waals surface area contributed by atoms with Gasteiger partial charge in [-0.25, -0.2) is 4.79 Å². The molecule has 6 nitrogen and oxygen atoms in total. The molecule has 0 radical (unpaired) electrons. The zero-order valence-corrected chi connectivity index (χ0v) is 10.3. The Hall–Kier alpha value is -1.89. The maximum absolute atomic E-state index is 10.6. The van der Waals surface area contributed by atoms with Gasteiger partial charge in [0.05, 0.1) is 12.7 Å². The lowest BCUT2D eigenvalue weighted by Gasteiger charge is -2.04. The molecule has 0 spiro atoms. The van der Waals surface area contributed by atoms with E-state index in [2.05, 4.69) is 26.1 Å². The summed E-state index contributed by atoms with van der Waals surface area (Å²) >= 11 is 3.30. The van der Waals surface area contributed by atoms with Crippen LogP contribution in [-0.2, 0) is 0 Å². The molecular formula is C10H7BrN2O4. The number of aromatic nitrogens is 2. The third kappa shape index (κ3) is 2.28. The van der Waals surface area contributed by atoms with Crippen LogP contribution in [-0.4, -0.2) is 28.3 Å². The fourth-order valence-corrected chi connectivity index (χ4v) is 1.60.